The van der Waals surface area contributed by atoms with Crippen molar-refractivity contribution in [2.45, 2.75) is 39.8 Å². The van der Waals surface area contributed by atoms with Gasteiger partial charge in [0.2, 0.25) is 0 Å². The van der Waals surface area contributed by atoms with E-state index < -0.39 is 0 Å². The second-order valence-electron chi connectivity index (χ2n) is 4.90. The quantitative estimate of drug-likeness (QED) is 0.828. The van der Waals surface area contributed by atoms with Crippen molar-refractivity contribution < 1.29 is 4.52 Å². The van der Waals surface area contributed by atoms with Crippen molar-refractivity contribution in [2.75, 3.05) is 7.05 Å². The lowest BCUT2D eigenvalue weighted by atomic mass is 10.1. The van der Waals surface area contributed by atoms with Gasteiger partial charge in [-0.1, -0.05) is 5.16 Å². The van der Waals surface area contributed by atoms with Crippen LogP contribution in [-0.4, -0.2) is 23.1 Å². The Hall–Kier alpha value is -1.13. The molecule has 0 aliphatic carbocycles. The Labute approximate surface area is 112 Å². The van der Waals surface area contributed by atoms with Crippen LogP contribution in [0.2, 0.25) is 0 Å². The minimum atomic E-state index is 0.508. The van der Waals surface area contributed by atoms with E-state index in [1.54, 1.807) is 11.3 Å². The number of hydrogen-bond acceptors (Lipinski definition) is 4. The first kappa shape index (κ1) is 13.3. The highest BCUT2D eigenvalue weighted by Gasteiger charge is 2.15. The summed E-state index contributed by atoms with van der Waals surface area (Å²) < 4.78 is 5.21. The number of thiophene rings is 1. The molecule has 0 aromatic carbocycles. The van der Waals surface area contributed by atoms with Crippen molar-refractivity contribution in [3.8, 4) is 0 Å². The van der Waals surface area contributed by atoms with Gasteiger partial charge in [-0.2, -0.15) is 11.3 Å². The molecular formula is C14H20N2OS. The van der Waals surface area contributed by atoms with Gasteiger partial charge in [-0.05, 0) is 56.6 Å². The van der Waals surface area contributed by atoms with Crippen LogP contribution in [0.4, 0.5) is 0 Å². The molecule has 3 nitrogen and oxygen atoms in total. The number of nitrogens with zero attached hydrogens (tertiary/aromatic N) is 2. The fraction of sp³-hybridized carbons (Fsp3) is 0.500. The van der Waals surface area contributed by atoms with Crippen LogP contribution >= 0.6 is 11.3 Å². The maximum absolute atomic E-state index is 5.21. The molecule has 0 amide bonds. The van der Waals surface area contributed by atoms with E-state index in [1.165, 1.54) is 11.1 Å². The third-order valence-electron chi connectivity index (χ3n) is 3.45. The maximum atomic E-state index is 5.21. The van der Waals surface area contributed by atoms with Crippen LogP contribution < -0.4 is 0 Å². The van der Waals surface area contributed by atoms with Gasteiger partial charge in [0.05, 0.1) is 5.69 Å². The van der Waals surface area contributed by atoms with Crippen LogP contribution in [-0.2, 0) is 13.0 Å². The third-order valence-corrected chi connectivity index (χ3v) is 4.18. The van der Waals surface area contributed by atoms with Crippen LogP contribution in [0.3, 0.4) is 0 Å². The molecular weight excluding hydrogens is 244 g/mol. The van der Waals surface area contributed by atoms with E-state index in [4.69, 9.17) is 4.52 Å². The zero-order chi connectivity index (χ0) is 13.1. The van der Waals surface area contributed by atoms with E-state index in [0.717, 1.165) is 24.4 Å². The molecule has 1 unspecified atom stereocenters. The average molecular weight is 264 g/mol. The van der Waals surface area contributed by atoms with Crippen molar-refractivity contribution in [3.63, 3.8) is 0 Å². The molecule has 0 radical (unpaired) electrons. The van der Waals surface area contributed by atoms with Crippen LogP contribution in [0.15, 0.2) is 21.3 Å². The van der Waals surface area contributed by atoms with Gasteiger partial charge in [-0.15, -0.1) is 0 Å². The molecule has 0 fully saturated rings. The SMILES string of the molecule is Cc1noc(C)c1CN(C)C(C)Cc1ccsc1. The number of rotatable bonds is 5. The van der Waals surface area contributed by atoms with Gasteiger partial charge >= 0.3 is 0 Å². The zero-order valence-electron chi connectivity index (χ0n) is 11.4. The van der Waals surface area contributed by atoms with Gasteiger partial charge in [0, 0.05) is 18.2 Å². The summed E-state index contributed by atoms with van der Waals surface area (Å²) in [6.45, 7) is 7.14. The predicted molar refractivity (Wildman–Crippen MR) is 74.9 cm³/mol. The lowest BCUT2D eigenvalue weighted by Crippen LogP contribution is -2.30. The van der Waals surface area contributed by atoms with E-state index in [9.17, 15) is 0 Å². The highest BCUT2D eigenvalue weighted by Crippen LogP contribution is 2.17. The Balaban J connectivity index is 1.97. The van der Waals surface area contributed by atoms with Crippen molar-refractivity contribution >= 4 is 11.3 Å². The summed E-state index contributed by atoms with van der Waals surface area (Å²) in [6, 6.07) is 2.71. The van der Waals surface area contributed by atoms with Gasteiger partial charge in [-0.25, -0.2) is 0 Å². The van der Waals surface area contributed by atoms with E-state index in [-0.39, 0.29) is 0 Å². The lowest BCUT2D eigenvalue weighted by Gasteiger charge is -2.24. The Morgan fingerprint density at radius 1 is 1.44 bits per heavy atom. The number of aryl methyl sites for hydroxylation is 2. The summed E-state index contributed by atoms with van der Waals surface area (Å²) in [5.74, 6) is 0.932. The molecule has 0 aliphatic rings. The molecule has 0 aliphatic heterocycles. The molecule has 4 heteroatoms. The van der Waals surface area contributed by atoms with Crippen LogP contribution in [0.25, 0.3) is 0 Å². The molecule has 2 aromatic rings. The molecule has 2 aromatic heterocycles. The maximum Gasteiger partial charge on any atom is 0.138 e. The summed E-state index contributed by atoms with van der Waals surface area (Å²) in [6.07, 6.45) is 1.09. The first-order chi connectivity index (χ1) is 8.58. The van der Waals surface area contributed by atoms with Crippen LogP contribution in [0.1, 0.15) is 29.5 Å². The monoisotopic (exact) mass is 264 g/mol. The minimum Gasteiger partial charge on any atom is -0.361 e. The Morgan fingerprint density at radius 2 is 2.22 bits per heavy atom. The normalized spacial score (nSPS) is 13.2. The molecule has 0 saturated carbocycles. The van der Waals surface area contributed by atoms with Gasteiger partial charge < -0.3 is 4.52 Å². The predicted octanol–water partition coefficient (Wildman–Crippen LogP) is 3.42. The van der Waals surface area contributed by atoms with Crippen molar-refractivity contribution in [2.24, 2.45) is 0 Å². The first-order valence-electron chi connectivity index (χ1n) is 6.21. The number of likely N-dealkylation sites (N-methyl/N-ethyl adjacent to an activating group) is 1. The highest BCUT2D eigenvalue weighted by atomic mass is 32.1. The van der Waals surface area contributed by atoms with E-state index in [1.807, 2.05) is 13.8 Å². The standard InChI is InChI=1S/C14H20N2OS/c1-10(7-13-5-6-18-9-13)16(4)8-14-11(2)15-17-12(14)3/h5-6,9-10H,7-8H2,1-4H3. The Bertz CT molecular complexity index is 470. The van der Waals surface area contributed by atoms with Crippen molar-refractivity contribution in [1.82, 2.24) is 10.1 Å². The van der Waals surface area contributed by atoms with E-state index in [0.29, 0.717) is 6.04 Å². The fourth-order valence-corrected chi connectivity index (χ4v) is 2.72. The average Bonchev–Trinajstić information content (AvgIpc) is 2.94. The van der Waals surface area contributed by atoms with E-state index >= 15 is 0 Å². The third kappa shape index (κ3) is 3.00. The fourth-order valence-electron chi connectivity index (χ4n) is 2.04. The molecule has 2 rings (SSSR count). The van der Waals surface area contributed by atoms with Gasteiger partial charge in [0.25, 0.3) is 0 Å². The zero-order valence-corrected chi connectivity index (χ0v) is 12.3. The molecule has 0 bridgehead atoms. The summed E-state index contributed by atoms with van der Waals surface area (Å²) in [4.78, 5) is 2.35. The Morgan fingerprint density at radius 3 is 2.78 bits per heavy atom. The minimum absolute atomic E-state index is 0.508. The molecule has 18 heavy (non-hydrogen) atoms. The number of hydrogen-bond donors (Lipinski definition) is 0. The second kappa shape index (κ2) is 5.67. The summed E-state index contributed by atoms with van der Waals surface area (Å²) >= 11 is 1.76. The first-order valence-corrected chi connectivity index (χ1v) is 7.15. The smallest absolute Gasteiger partial charge is 0.138 e. The van der Waals surface area contributed by atoms with Crippen LogP contribution in [0, 0.1) is 13.8 Å². The molecule has 0 N–H and O–H groups in total. The molecule has 0 saturated heterocycles. The molecule has 98 valence electrons. The lowest BCUT2D eigenvalue weighted by molar-refractivity contribution is 0.246. The van der Waals surface area contributed by atoms with E-state index in [2.05, 4.69) is 40.9 Å². The highest BCUT2D eigenvalue weighted by molar-refractivity contribution is 7.07. The number of aromatic nitrogens is 1. The van der Waals surface area contributed by atoms with Crippen molar-refractivity contribution in [1.29, 1.82) is 0 Å². The molecule has 2 heterocycles. The topological polar surface area (TPSA) is 29.3 Å². The second-order valence-corrected chi connectivity index (χ2v) is 5.68. The van der Waals surface area contributed by atoms with Gasteiger partial charge in [-0.3, -0.25) is 4.90 Å². The van der Waals surface area contributed by atoms with Gasteiger partial charge in [0.15, 0.2) is 0 Å². The Kier molecular flexibility index (Phi) is 4.19. The summed E-state index contributed by atoms with van der Waals surface area (Å²) in [7, 11) is 2.16. The van der Waals surface area contributed by atoms with Crippen molar-refractivity contribution in [3.05, 3.63) is 39.4 Å². The van der Waals surface area contributed by atoms with Crippen LogP contribution in [0.5, 0.6) is 0 Å². The summed E-state index contributed by atoms with van der Waals surface area (Å²) in [5, 5.41) is 8.36. The van der Waals surface area contributed by atoms with Gasteiger partial charge in [0.1, 0.15) is 5.76 Å². The molecule has 1 atom stereocenters. The molecule has 0 spiro atoms. The largest absolute Gasteiger partial charge is 0.361 e. The summed E-state index contributed by atoms with van der Waals surface area (Å²) in [5.41, 5.74) is 3.63.